The lowest BCUT2D eigenvalue weighted by Crippen LogP contribution is -2.31. The van der Waals surface area contributed by atoms with Crippen LogP contribution < -0.4 is 4.74 Å². The largest absolute Gasteiger partial charge is 0.573 e. The minimum Gasteiger partial charge on any atom is -0.406 e. The second kappa shape index (κ2) is 7.01. The Bertz CT molecular complexity index is 699. The first-order chi connectivity index (χ1) is 11.8. The second-order valence-electron chi connectivity index (χ2n) is 6.27. The van der Waals surface area contributed by atoms with Gasteiger partial charge in [-0.25, -0.2) is 9.67 Å². The van der Waals surface area contributed by atoms with E-state index in [1.165, 1.54) is 30.6 Å². The molecule has 1 aromatic heterocycles. The average Bonchev–Trinajstić information content (AvgIpc) is 3.16. The van der Waals surface area contributed by atoms with E-state index in [-0.39, 0.29) is 5.75 Å². The molecule has 136 valence electrons. The SMILES string of the molecule is CN(C)[C@@H]1CCN(Cc2ncnn2-c2ccc(OC(F)(F)F)cc2)C1. The molecule has 0 N–H and O–H groups in total. The summed E-state index contributed by atoms with van der Waals surface area (Å²) in [4.78, 5) is 8.80. The normalized spacial score (nSPS) is 18.9. The number of likely N-dealkylation sites (tertiary alicyclic amines) is 1. The van der Waals surface area contributed by atoms with Crippen molar-refractivity contribution in [1.29, 1.82) is 0 Å². The van der Waals surface area contributed by atoms with Gasteiger partial charge in [0, 0.05) is 19.1 Å². The van der Waals surface area contributed by atoms with E-state index in [0.29, 0.717) is 18.3 Å². The lowest BCUT2D eigenvalue weighted by Gasteiger charge is -2.20. The smallest absolute Gasteiger partial charge is 0.406 e. The Morgan fingerprint density at radius 2 is 1.96 bits per heavy atom. The van der Waals surface area contributed by atoms with Gasteiger partial charge in [0.1, 0.15) is 17.9 Å². The van der Waals surface area contributed by atoms with Crippen molar-refractivity contribution >= 4 is 0 Å². The number of ether oxygens (including phenoxy) is 1. The van der Waals surface area contributed by atoms with Gasteiger partial charge in [-0.05, 0) is 44.8 Å². The average molecular weight is 355 g/mol. The van der Waals surface area contributed by atoms with E-state index in [0.717, 1.165) is 25.3 Å². The van der Waals surface area contributed by atoms with Crippen LogP contribution in [0.25, 0.3) is 5.69 Å². The third kappa shape index (κ3) is 4.49. The minimum absolute atomic E-state index is 0.258. The molecular formula is C16H20F3N5O. The number of hydrogen-bond acceptors (Lipinski definition) is 5. The first-order valence-corrected chi connectivity index (χ1v) is 7.96. The fourth-order valence-corrected chi connectivity index (χ4v) is 2.96. The van der Waals surface area contributed by atoms with Crippen LogP contribution in [0.5, 0.6) is 5.75 Å². The molecular weight excluding hydrogens is 335 g/mol. The summed E-state index contributed by atoms with van der Waals surface area (Å²) in [7, 11) is 4.14. The maximum Gasteiger partial charge on any atom is 0.573 e. The Balaban J connectivity index is 1.69. The first-order valence-electron chi connectivity index (χ1n) is 7.96. The van der Waals surface area contributed by atoms with Crippen LogP contribution in [0.3, 0.4) is 0 Å². The zero-order chi connectivity index (χ0) is 18.0. The molecule has 25 heavy (non-hydrogen) atoms. The van der Waals surface area contributed by atoms with Gasteiger partial charge in [0.05, 0.1) is 12.2 Å². The molecule has 0 unspecified atom stereocenters. The van der Waals surface area contributed by atoms with E-state index in [2.05, 4.69) is 38.7 Å². The van der Waals surface area contributed by atoms with Crippen molar-refractivity contribution < 1.29 is 17.9 Å². The van der Waals surface area contributed by atoms with Crippen molar-refractivity contribution in [3.05, 3.63) is 36.4 Å². The maximum atomic E-state index is 12.2. The van der Waals surface area contributed by atoms with Crippen molar-refractivity contribution in [3.63, 3.8) is 0 Å². The number of benzene rings is 1. The molecule has 1 aliphatic heterocycles. The molecule has 0 bridgehead atoms. The molecule has 0 saturated carbocycles. The van der Waals surface area contributed by atoms with E-state index in [9.17, 15) is 13.2 Å². The van der Waals surface area contributed by atoms with E-state index >= 15 is 0 Å². The fourth-order valence-electron chi connectivity index (χ4n) is 2.96. The number of rotatable bonds is 5. The monoisotopic (exact) mass is 355 g/mol. The van der Waals surface area contributed by atoms with Gasteiger partial charge in [-0.15, -0.1) is 13.2 Å². The number of likely N-dealkylation sites (N-methyl/N-ethyl adjacent to an activating group) is 1. The Morgan fingerprint density at radius 3 is 2.56 bits per heavy atom. The van der Waals surface area contributed by atoms with Crippen LogP contribution in [-0.4, -0.2) is 64.2 Å². The standard InChI is InChI=1S/C16H20F3N5O/c1-22(2)13-7-8-23(9-13)10-15-20-11-21-24(15)12-3-5-14(6-4-12)25-16(17,18)19/h3-6,11,13H,7-10H2,1-2H3/t13-/m1/s1. The van der Waals surface area contributed by atoms with Gasteiger partial charge < -0.3 is 9.64 Å². The third-order valence-corrected chi connectivity index (χ3v) is 4.28. The summed E-state index contributed by atoms with van der Waals surface area (Å²) in [6.07, 6.45) is -2.14. The maximum absolute atomic E-state index is 12.2. The topological polar surface area (TPSA) is 46.4 Å². The Hall–Kier alpha value is -2.13. The van der Waals surface area contributed by atoms with Crippen molar-refractivity contribution in [1.82, 2.24) is 24.6 Å². The molecule has 3 rings (SSSR count). The molecule has 6 nitrogen and oxygen atoms in total. The van der Waals surface area contributed by atoms with Crippen LogP contribution >= 0.6 is 0 Å². The molecule has 1 fully saturated rings. The predicted octanol–water partition coefficient (Wildman–Crippen LogP) is 2.30. The third-order valence-electron chi connectivity index (χ3n) is 4.28. The lowest BCUT2D eigenvalue weighted by molar-refractivity contribution is -0.274. The summed E-state index contributed by atoms with van der Waals surface area (Å²) < 4.78 is 42.2. The quantitative estimate of drug-likeness (QED) is 0.824. The second-order valence-corrected chi connectivity index (χ2v) is 6.27. The van der Waals surface area contributed by atoms with Gasteiger partial charge >= 0.3 is 6.36 Å². The number of nitrogens with zero attached hydrogens (tertiary/aromatic N) is 5. The molecule has 0 radical (unpaired) electrons. The van der Waals surface area contributed by atoms with Crippen LogP contribution in [0, 0.1) is 0 Å². The van der Waals surface area contributed by atoms with Crippen molar-refractivity contribution in [3.8, 4) is 11.4 Å². The van der Waals surface area contributed by atoms with Crippen molar-refractivity contribution in [2.45, 2.75) is 25.4 Å². The highest BCUT2D eigenvalue weighted by atomic mass is 19.4. The Labute approximate surface area is 143 Å². The van der Waals surface area contributed by atoms with E-state index in [1.807, 2.05) is 0 Å². The van der Waals surface area contributed by atoms with Crippen LogP contribution in [0.15, 0.2) is 30.6 Å². The van der Waals surface area contributed by atoms with Crippen LogP contribution in [0.1, 0.15) is 12.2 Å². The summed E-state index contributed by atoms with van der Waals surface area (Å²) >= 11 is 0. The van der Waals surface area contributed by atoms with E-state index in [1.54, 1.807) is 4.68 Å². The van der Waals surface area contributed by atoms with E-state index in [4.69, 9.17) is 0 Å². The Morgan fingerprint density at radius 1 is 1.24 bits per heavy atom. The van der Waals surface area contributed by atoms with Gasteiger partial charge in [0.15, 0.2) is 0 Å². The number of hydrogen-bond donors (Lipinski definition) is 0. The van der Waals surface area contributed by atoms with Crippen molar-refractivity contribution in [2.75, 3.05) is 27.2 Å². The summed E-state index contributed by atoms with van der Waals surface area (Å²) in [5, 5.41) is 4.19. The fraction of sp³-hybridized carbons (Fsp3) is 0.500. The van der Waals surface area contributed by atoms with Crippen LogP contribution in [-0.2, 0) is 6.54 Å². The highest BCUT2D eigenvalue weighted by Crippen LogP contribution is 2.24. The molecule has 2 aromatic rings. The molecule has 1 aliphatic rings. The van der Waals surface area contributed by atoms with Gasteiger partial charge in [0.2, 0.25) is 0 Å². The molecule has 2 heterocycles. The van der Waals surface area contributed by atoms with Crippen LogP contribution in [0.2, 0.25) is 0 Å². The number of alkyl halides is 3. The minimum atomic E-state index is -4.70. The number of aromatic nitrogens is 3. The molecule has 1 saturated heterocycles. The lowest BCUT2D eigenvalue weighted by atomic mass is 10.2. The zero-order valence-electron chi connectivity index (χ0n) is 14.1. The highest BCUT2D eigenvalue weighted by molar-refractivity contribution is 5.37. The summed E-state index contributed by atoms with van der Waals surface area (Å²) in [5.41, 5.74) is 0.644. The molecule has 0 spiro atoms. The van der Waals surface area contributed by atoms with Crippen molar-refractivity contribution in [2.24, 2.45) is 0 Å². The summed E-state index contributed by atoms with van der Waals surface area (Å²) in [6.45, 7) is 2.58. The summed E-state index contributed by atoms with van der Waals surface area (Å²) in [6, 6.07) is 6.13. The zero-order valence-corrected chi connectivity index (χ0v) is 14.1. The van der Waals surface area contributed by atoms with Gasteiger partial charge in [0.25, 0.3) is 0 Å². The molecule has 0 aliphatic carbocycles. The number of halogens is 3. The first kappa shape index (κ1) is 17.7. The predicted molar refractivity (Wildman–Crippen MR) is 85.4 cm³/mol. The Kier molecular flexibility index (Phi) is 4.96. The van der Waals surface area contributed by atoms with Gasteiger partial charge in [-0.3, -0.25) is 4.90 Å². The van der Waals surface area contributed by atoms with Gasteiger partial charge in [-0.2, -0.15) is 5.10 Å². The molecule has 1 aromatic carbocycles. The van der Waals surface area contributed by atoms with Crippen LogP contribution in [0.4, 0.5) is 13.2 Å². The highest BCUT2D eigenvalue weighted by Gasteiger charge is 2.31. The molecule has 0 amide bonds. The molecule has 1 atom stereocenters. The molecule has 9 heteroatoms. The van der Waals surface area contributed by atoms with Gasteiger partial charge in [-0.1, -0.05) is 0 Å². The van der Waals surface area contributed by atoms with E-state index < -0.39 is 6.36 Å². The summed E-state index contributed by atoms with van der Waals surface area (Å²) in [5.74, 6) is 0.496.